The Balaban J connectivity index is 0.00000205. The first kappa shape index (κ1) is 22.4. The summed E-state index contributed by atoms with van der Waals surface area (Å²) < 4.78 is 0. The van der Waals surface area contributed by atoms with Gasteiger partial charge in [0, 0.05) is 5.41 Å². The van der Waals surface area contributed by atoms with Crippen molar-refractivity contribution in [2.24, 2.45) is 34.5 Å². The molecule has 0 radical (unpaired) electrons. The molecular weight excluding hydrogens is 405 g/mol. The molecule has 29 heavy (non-hydrogen) atoms. The van der Waals surface area contributed by atoms with Gasteiger partial charge in [0.25, 0.3) is 0 Å². The lowest BCUT2D eigenvalue weighted by molar-refractivity contribution is -0.143. The number of aliphatic hydroxyl groups excluding tert-OH is 1. The second kappa shape index (κ2) is 7.94. The Morgan fingerprint density at radius 1 is 1.03 bits per heavy atom. The summed E-state index contributed by atoms with van der Waals surface area (Å²) in [6.45, 7) is 7.03. The van der Waals surface area contributed by atoms with E-state index in [1.807, 2.05) is 0 Å². The number of fused-ring (bicyclic) bond motifs is 5. The Kier molecular flexibility index (Phi) is 6.13. The number of alkyl halides is 1. The highest BCUT2D eigenvalue weighted by Crippen LogP contribution is 2.66. The number of piperidine rings is 1. The van der Waals surface area contributed by atoms with E-state index in [1.165, 1.54) is 38.5 Å². The summed E-state index contributed by atoms with van der Waals surface area (Å²) in [6, 6.07) is 0.188. The predicted octanol–water partition coefficient (Wildman–Crippen LogP) is 5.06. The van der Waals surface area contributed by atoms with Gasteiger partial charge in [-0.15, -0.1) is 24.0 Å². The van der Waals surface area contributed by atoms with Crippen LogP contribution in [0.25, 0.3) is 0 Å². The minimum absolute atomic E-state index is 0. The molecule has 5 fully saturated rings. The molecule has 5 rings (SSSR count). The van der Waals surface area contributed by atoms with Crippen molar-refractivity contribution in [1.29, 1.82) is 0 Å². The fourth-order valence-corrected chi connectivity index (χ4v) is 9.00. The lowest BCUT2D eigenvalue weighted by atomic mass is 9.45. The number of ketones is 1. The predicted molar refractivity (Wildman–Crippen MR) is 120 cm³/mol. The molecule has 0 unspecified atom stereocenters. The summed E-state index contributed by atoms with van der Waals surface area (Å²) in [5.74, 6) is 3.10. The van der Waals surface area contributed by atoms with Gasteiger partial charge in [0.1, 0.15) is 0 Å². The Labute approximate surface area is 187 Å². The van der Waals surface area contributed by atoms with Crippen LogP contribution in [-0.2, 0) is 4.79 Å². The molecule has 5 aliphatic rings. The minimum atomic E-state index is -0.332. The van der Waals surface area contributed by atoms with Crippen molar-refractivity contribution < 1.29 is 9.90 Å². The van der Waals surface area contributed by atoms with Crippen molar-refractivity contribution in [1.82, 2.24) is 4.90 Å². The minimum Gasteiger partial charge on any atom is -0.392 e. The highest BCUT2D eigenvalue weighted by atomic mass is 35.5. The Bertz CT molecular complexity index is 638. The van der Waals surface area contributed by atoms with E-state index >= 15 is 0 Å². The van der Waals surface area contributed by atoms with Crippen LogP contribution in [-0.4, -0.2) is 46.4 Å². The van der Waals surface area contributed by atoms with Gasteiger partial charge in [0.2, 0.25) is 0 Å². The summed E-state index contributed by atoms with van der Waals surface area (Å²) in [6.07, 6.45) is 11.2. The molecule has 0 bridgehead atoms. The zero-order chi connectivity index (χ0) is 19.7. The highest BCUT2D eigenvalue weighted by Gasteiger charge is 2.63. The second-order valence-electron chi connectivity index (χ2n) is 11.3. The van der Waals surface area contributed by atoms with E-state index in [0.29, 0.717) is 29.5 Å². The molecule has 0 aromatic heterocycles. The van der Waals surface area contributed by atoms with E-state index in [4.69, 9.17) is 11.6 Å². The lowest BCUT2D eigenvalue weighted by Crippen LogP contribution is -2.56. The summed E-state index contributed by atoms with van der Waals surface area (Å²) in [7, 11) is 0. The molecule has 3 nitrogen and oxygen atoms in total. The molecule has 4 saturated carbocycles. The lowest BCUT2D eigenvalue weighted by Gasteiger charge is -2.60. The van der Waals surface area contributed by atoms with Crippen molar-refractivity contribution in [3.05, 3.63) is 0 Å². The Morgan fingerprint density at radius 2 is 1.76 bits per heavy atom. The fourth-order valence-electron chi connectivity index (χ4n) is 8.57. The first-order chi connectivity index (χ1) is 13.3. The largest absolute Gasteiger partial charge is 0.392 e. The molecule has 0 aromatic rings. The van der Waals surface area contributed by atoms with Crippen molar-refractivity contribution in [2.75, 3.05) is 13.1 Å². The number of rotatable bonds is 1. The third-order valence-electron chi connectivity index (χ3n) is 10.2. The third-order valence-corrected chi connectivity index (χ3v) is 10.7. The van der Waals surface area contributed by atoms with Crippen LogP contribution in [0.1, 0.15) is 78.1 Å². The Hall–Kier alpha value is 0.170. The van der Waals surface area contributed by atoms with E-state index in [0.717, 1.165) is 38.8 Å². The SMILES string of the molecule is C[C@]12C[C@H](Cl)[C@@H](O)C[C@@H]1CC[C@@H]1[C@@H]2CC[C@]2(C)C(=O)[C@@H](N3CCCCC3)C[C@@H]12.Cl. The molecule has 5 heteroatoms. The van der Waals surface area contributed by atoms with Crippen LogP contribution < -0.4 is 0 Å². The zero-order valence-electron chi connectivity index (χ0n) is 18.1. The van der Waals surface area contributed by atoms with Crippen molar-refractivity contribution >= 4 is 29.8 Å². The topological polar surface area (TPSA) is 40.5 Å². The molecule has 9 atom stereocenters. The van der Waals surface area contributed by atoms with Gasteiger partial charge in [-0.2, -0.15) is 0 Å². The monoisotopic (exact) mass is 443 g/mol. The first-order valence-electron chi connectivity index (χ1n) is 11.9. The molecule has 1 N–H and O–H groups in total. The number of aliphatic hydroxyl groups is 1. The molecule has 166 valence electrons. The van der Waals surface area contributed by atoms with Crippen LogP contribution in [0.2, 0.25) is 0 Å². The van der Waals surface area contributed by atoms with E-state index in [2.05, 4.69) is 18.7 Å². The molecular formula is C24H39Cl2NO2. The number of carbonyl (C=O) groups excluding carboxylic acids is 1. The van der Waals surface area contributed by atoms with Gasteiger partial charge in [-0.05, 0) is 100.0 Å². The number of carbonyl (C=O) groups is 1. The number of nitrogens with zero attached hydrogens (tertiary/aromatic N) is 1. The van der Waals surface area contributed by atoms with Crippen LogP contribution in [0.3, 0.4) is 0 Å². The average molecular weight is 444 g/mol. The molecule has 1 aliphatic heterocycles. The quantitative estimate of drug-likeness (QED) is 0.575. The third kappa shape index (κ3) is 3.33. The van der Waals surface area contributed by atoms with Gasteiger partial charge >= 0.3 is 0 Å². The average Bonchev–Trinajstić information content (AvgIpc) is 2.95. The van der Waals surface area contributed by atoms with Crippen molar-refractivity contribution in [3.8, 4) is 0 Å². The number of hydrogen-bond acceptors (Lipinski definition) is 3. The molecule has 0 spiro atoms. The zero-order valence-corrected chi connectivity index (χ0v) is 19.7. The molecule has 4 aliphatic carbocycles. The normalized spacial score (nSPS) is 52.8. The first-order valence-corrected chi connectivity index (χ1v) is 12.4. The summed E-state index contributed by atoms with van der Waals surface area (Å²) in [5.41, 5.74) is 0.156. The maximum absolute atomic E-state index is 13.6. The molecule has 0 aromatic carbocycles. The number of hydrogen-bond donors (Lipinski definition) is 1. The number of halogens is 2. The van der Waals surface area contributed by atoms with E-state index in [9.17, 15) is 9.90 Å². The summed E-state index contributed by atoms with van der Waals surface area (Å²) in [4.78, 5) is 16.1. The standard InChI is InChI=1S/C24H38ClNO2.ClH/c1-23-9-8-17-16(7-6-15-12-21(27)19(25)14-24(15,17)2)18(23)13-20(22(23)28)26-10-4-3-5-11-26;/h15-21,27H,3-14H2,1-2H3;1H/t15-,16+,17-,18-,19-,20-,21-,23-,24-;/m0./s1. The Morgan fingerprint density at radius 3 is 2.48 bits per heavy atom. The smallest absolute Gasteiger partial charge is 0.156 e. The maximum atomic E-state index is 13.6. The van der Waals surface area contributed by atoms with Gasteiger partial charge in [-0.3, -0.25) is 9.69 Å². The van der Waals surface area contributed by atoms with Crippen LogP contribution in [0, 0.1) is 34.5 Å². The van der Waals surface area contributed by atoms with Crippen LogP contribution in [0.5, 0.6) is 0 Å². The second-order valence-corrected chi connectivity index (χ2v) is 11.9. The molecule has 1 heterocycles. The van der Waals surface area contributed by atoms with Gasteiger partial charge in [0.05, 0.1) is 17.5 Å². The van der Waals surface area contributed by atoms with E-state index in [1.54, 1.807) is 0 Å². The van der Waals surface area contributed by atoms with E-state index in [-0.39, 0.29) is 40.8 Å². The van der Waals surface area contributed by atoms with Crippen LogP contribution >= 0.6 is 24.0 Å². The van der Waals surface area contributed by atoms with Gasteiger partial charge in [-0.1, -0.05) is 20.3 Å². The molecule has 1 saturated heterocycles. The number of likely N-dealkylation sites (tertiary alicyclic amines) is 1. The van der Waals surface area contributed by atoms with E-state index < -0.39 is 0 Å². The van der Waals surface area contributed by atoms with Crippen molar-refractivity contribution in [2.45, 2.75) is 95.6 Å². The maximum Gasteiger partial charge on any atom is 0.156 e. The number of Topliss-reactive ketones (excluding diaryl/α,β-unsaturated/α-hetero) is 1. The van der Waals surface area contributed by atoms with Crippen LogP contribution in [0.15, 0.2) is 0 Å². The van der Waals surface area contributed by atoms with Gasteiger partial charge < -0.3 is 5.11 Å². The fraction of sp³-hybridized carbons (Fsp3) is 0.958. The molecule has 0 amide bonds. The van der Waals surface area contributed by atoms with Gasteiger partial charge in [0.15, 0.2) is 5.78 Å². The van der Waals surface area contributed by atoms with Crippen LogP contribution in [0.4, 0.5) is 0 Å². The summed E-state index contributed by atoms with van der Waals surface area (Å²) >= 11 is 6.58. The summed E-state index contributed by atoms with van der Waals surface area (Å²) in [5, 5.41) is 10.3. The van der Waals surface area contributed by atoms with Gasteiger partial charge in [-0.25, -0.2) is 0 Å². The van der Waals surface area contributed by atoms with Crippen molar-refractivity contribution in [3.63, 3.8) is 0 Å². The highest BCUT2D eigenvalue weighted by molar-refractivity contribution is 6.21.